The van der Waals surface area contributed by atoms with Gasteiger partial charge in [0.1, 0.15) is 5.69 Å². The normalized spacial score (nSPS) is 10.8. The molecule has 0 saturated heterocycles. The molecule has 0 unspecified atom stereocenters. The summed E-state index contributed by atoms with van der Waals surface area (Å²) in [5, 5.41) is 4.08. The zero-order valence-electron chi connectivity index (χ0n) is 14.7. The number of carbonyl (C=O) groups excluding carboxylic acids is 3. The highest BCUT2D eigenvalue weighted by Gasteiger charge is 2.12. The summed E-state index contributed by atoms with van der Waals surface area (Å²) < 4.78 is 0. The first-order chi connectivity index (χ1) is 12.3. The van der Waals surface area contributed by atoms with Gasteiger partial charge in [-0.25, -0.2) is 0 Å². The Balaban J connectivity index is 1.74. The van der Waals surface area contributed by atoms with Crippen molar-refractivity contribution in [2.75, 3.05) is 27.2 Å². The number of aromatic nitrogens is 1. The number of nitrogens with zero attached hydrogens (tertiary/aromatic N) is 1. The van der Waals surface area contributed by atoms with E-state index in [0.29, 0.717) is 17.3 Å². The highest BCUT2D eigenvalue weighted by molar-refractivity contribution is 6.31. The van der Waals surface area contributed by atoms with E-state index in [2.05, 4.69) is 21.2 Å². The molecule has 2 rings (SSSR count). The molecule has 0 fully saturated rings. The van der Waals surface area contributed by atoms with E-state index in [0.717, 1.165) is 17.4 Å². The van der Waals surface area contributed by atoms with Crippen LogP contribution in [0, 0.1) is 0 Å². The lowest BCUT2D eigenvalue weighted by Crippen LogP contribution is -2.42. The van der Waals surface area contributed by atoms with E-state index in [1.165, 1.54) is 0 Å². The summed E-state index contributed by atoms with van der Waals surface area (Å²) in [5.74, 6) is -1.14. The molecule has 4 N–H and O–H groups in total. The van der Waals surface area contributed by atoms with Gasteiger partial charge in [-0.15, -0.1) is 0 Å². The summed E-state index contributed by atoms with van der Waals surface area (Å²) >= 11 is 5.91. The molecule has 9 heteroatoms. The Bertz CT molecular complexity index is 803. The molecule has 0 spiro atoms. The number of H-pyrrole nitrogens is 1. The van der Waals surface area contributed by atoms with Gasteiger partial charge in [0.15, 0.2) is 0 Å². The van der Waals surface area contributed by atoms with Crippen LogP contribution in [0.1, 0.15) is 23.3 Å². The molecular weight excluding hydrogens is 358 g/mol. The number of nitrogens with one attached hydrogen (secondary N) is 4. The molecular formula is C17H22ClN5O3. The summed E-state index contributed by atoms with van der Waals surface area (Å²) in [5.41, 5.74) is 5.67. The first-order valence-corrected chi connectivity index (χ1v) is 8.52. The average Bonchev–Trinajstić information content (AvgIpc) is 3.00. The fraction of sp³-hybridized carbons (Fsp3) is 0.353. The Kier molecular flexibility index (Phi) is 6.99. The molecule has 1 aromatic heterocycles. The smallest absolute Gasteiger partial charge is 0.286 e. The lowest BCUT2D eigenvalue weighted by atomic mass is 10.2. The van der Waals surface area contributed by atoms with E-state index in [1.54, 1.807) is 24.3 Å². The van der Waals surface area contributed by atoms with Gasteiger partial charge in [0.25, 0.3) is 5.91 Å². The van der Waals surface area contributed by atoms with Crippen molar-refractivity contribution >= 4 is 40.2 Å². The monoisotopic (exact) mass is 379 g/mol. The van der Waals surface area contributed by atoms with Crippen LogP contribution in [-0.2, 0) is 9.59 Å². The standard InChI is InChI=1S/C17H22ClN5O3/c1-23(2)8-7-19-15(24)5-6-16(25)21-22-17(26)14-10-11-9-12(18)3-4-13(11)20-14/h3-4,9-10,20H,5-8H2,1-2H3,(H,19,24)(H,21,25)(H,22,26). The van der Waals surface area contributed by atoms with Gasteiger partial charge in [0.05, 0.1) is 0 Å². The summed E-state index contributed by atoms with van der Waals surface area (Å²) in [6.07, 6.45) is 0.0381. The van der Waals surface area contributed by atoms with Gasteiger partial charge in [-0.2, -0.15) is 0 Å². The largest absolute Gasteiger partial charge is 0.355 e. The molecule has 8 nitrogen and oxygen atoms in total. The SMILES string of the molecule is CN(C)CCNC(=O)CCC(=O)NNC(=O)c1cc2cc(Cl)ccc2[nH]1. The minimum atomic E-state index is -0.485. The predicted octanol–water partition coefficient (Wildman–Crippen LogP) is 1.04. The van der Waals surface area contributed by atoms with E-state index in [9.17, 15) is 14.4 Å². The van der Waals surface area contributed by atoms with Crippen molar-refractivity contribution in [1.29, 1.82) is 0 Å². The molecule has 0 bridgehead atoms. The van der Waals surface area contributed by atoms with Crippen LogP contribution in [-0.4, -0.2) is 54.8 Å². The van der Waals surface area contributed by atoms with Crippen molar-refractivity contribution in [3.8, 4) is 0 Å². The first kappa shape index (κ1) is 19.7. The van der Waals surface area contributed by atoms with E-state index >= 15 is 0 Å². The Morgan fingerprint density at radius 1 is 1.08 bits per heavy atom. The summed E-state index contributed by atoms with van der Waals surface area (Å²) in [7, 11) is 3.81. The second-order valence-electron chi connectivity index (χ2n) is 6.07. The van der Waals surface area contributed by atoms with Crippen LogP contribution in [0.2, 0.25) is 5.02 Å². The minimum Gasteiger partial charge on any atom is -0.355 e. The van der Waals surface area contributed by atoms with Gasteiger partial charge in [0, 0.05) is 41.9 Å². The fourth-order valence-electron chi connectivity index (χ4n) is 2.22. The average molecular weight is 380 g/mol. The van der Waals surface area contributed by atoms with Crippen molar-refractivity contribution in [3.05, 3.63) is 35.0 Å². The van der Waals surface area contributed by atoms with Gasteiger partial charge < -0.3 is 15.2 Å². The van der Waals surface area contributed by atoms with Gasteiger partial charge in [-0.3, -0.25) is 25.2 Å². The van der Waals surface area contributed by atoms with Crippen LogP contribution in [0.5, 0.6) is 0 Å². The molecule has 26 heavy (non-hydrogen) atoms. The molecule has 0 saturated carbocycles. The van der Waals surface area contributed by atoms with E-state index in [1.807, 2.05) is 19.0 Å². The number of rotatable bonds is 7. The fourth-order valence-corrected chi connectivity index (χ4v) is 2.40. The quantitative estimate of drug-likeness (QED) is 0.539. The lowest BCUT2D eigenvalue weighted by molar-refractivity contribution is -0.126. The Labute approximate surface area is 156 Å². The minimum absolute atomic E-state index is 0.0175. The number of hydrogen-bond acceptors (Lipinski definition) is 4. The number of fused-ring (bicyclic) bond motifs is 1. The third-order valence-corrected chi connectivity index (χ3v) is 3.84. The van der Waals surface area contributed by atoms with Crippen LogP contribution in [0.4, 0.5) is 0 Å². The Hall–Kier alpha value is -2.58. The van der Waals surface area contributed by atoms with E-state index in [4.69, 9.17) is 11.6 Å². The number of likely N-dealkylation sites (N-methyl/N-ethyl adjacent to an activating group) is 1. The zero-order chi connectivity index (χ0) is 19.1. The zero-order valence-corrected chi connectivity index (χ0v) is 15.4. The maximum atomic E-state index is 12.1. The maximum absolute atomic E-state index is 12.1. The molecule has 0 aliphatic carbocycles. The van der Waals surface area contributed by atoms with Crippen molar-refractivity contribution in [3.63, 3.8) is 0 Å². The van der Waals surface area contributed by atoms with E-state index < -0.39 is 11.8 Å². The van der Waals surface area contributed by atoms with Crippen LogP contribution in [0.25, 0.3) is 10.9 Å². The second kappa shape index (κ2) is 9.21. The van der Waals surface area contributed by atoms with Crippen LogP contribution >= 0.6 is 11.6 Å². The topological polar surface area (TPSA) is 106 Å². The number of carbonyl (C=O) groups is 3. The number of halogens is 1. The molecule has 140 valence electrons. The van der Waals surface area contributed by atoms with Gasteiger partial charge in [0.2, 0.25) is 11.8 Å². The van der Waals surface area contributed by atoms with Crippen LogP contribution < -0.4 is 16.2 Å². The third kappa shape index (κ3) is 6.05. The number of hydrogen-bond donors (Lipinski definition) is 4. The molecule has 0 atom stereocenters. The highest BCUT2D eigenvalue weighted by atomic mass is 35.5. The maximum Gasteiger partial charge on any atom is 0.286 e. The molecule has 1 aromatic carbocycles. The molecule has 0 aliphatic rings. The number of hydrazine groups is 1. The van der Waals surface area contributed by atoms with Gasteiger partial charge in [-0.1, -0.05) is 11.6 Å². The third-order valence-electron chi connectivity index (χ3n) is 3.60. The van der Waals surface area contributed by atoms with Crippen molar-refractivity contribution in [2.45, 2.75) is 12.8 Å². The molecule has 1 heterocycles. The Morgan fingerprint density at radius 2 is 1.81 bits per heavy atom. The lowest BCUT2D eigenvalue weighted by Gasteiger charge is -2.10. The van der Waals surface area contributed by atoms with Crippen molar-refractivity contribution in [2.24, 2.45) is 0 Å². The summed E-state index contributed by atoms with van der Waals surface area (Å²) in [4.78, 5) is 40.3. The van der Waals surface area contributed by atoms with Crippen LogP contribution in [0.3, 0.4) is 0 Å². The molecule has 2 aromatic rings. The molecule has 0 aliphatic heterocycles. The Morgan fingerprint density at radius 3 is 2.54 bits per heavy atom. The summed E-state index contributed by atoms with van der Waals surface area (Å²) in [6, 6.07) is 6.86. The van der Waals surface area contributed by atoms with Crippen molar-refractivity contribution in [1.82, 2.24) is 26.1 Å². The predicted molar refractivity (Wildman–Crippen MR) is 99.7 cm³/mol. The highest BCUT2D eigenvalue weighted by Crippen LogP contribution is 2.19. The summed E-state index contributed by atoms with van der Waals surface area (Å²) in [6.45, 7) is 1.25. The van der Waals surface area contributed by atoms with Gasteiger partial charge in [-0.05, 0) is 38.4 Å². The number of amides is 3. The van der Waals surface area contributed by atoms with Crippen molar-refractivity contribution < 1.29 is 14.4 Å². The number of aromatic amines is 1. The molecule has 0 radical (unpaired) electrons. The number of benzene rings is 1. The van der Waals surface area contributed by atoms with Crippen LogP contribution in [0.15, 0.2) is 24.3 Å². The van der Waals surface area contributed by atoms with E-state index in [-0.39, 0.29) is 18.7 Å². The first-order valence-electron chi connectivity index (χ1n) is 8.14. The molecule has 3 amide bonds. The second-order valence-corrected chi connectivity index (χ2v) is 6.51. The van der Waals surface area contributed by atoms with Gasteiger partial charge >= 0.3 is 0 Å².